The zero-order valence-electron chi connectivity index (χ0n) is 16.9. The number of Topliss-reactive ketones (excluding diaryl/α,β-unsaturated/α-hetero) is 1. The average Bonchev–Trinajstić information content (AvgIpc) is 3.11. The number of pyridine rings is 1. The monoisotopic (exact) mass is 400 g/mol. The summed E-state index contributed by atoms with van der Waals surface area (Å²) >= 11 is 0. The number of hydrogen-bond acceptors (Lipinski definition) is 4. The molecule has 1 aromatic carbocycles. The first-order valence-electron chi connectivity index (χ1n) is 10.4. The van der Waals surface area contributed by atoms with E-state index in [1.807, 2.05) is 47.4 Å². The Morgan fingerprint density at radius 1 is 1.10 bits per heavy atom. The van der Waals surface area contributed by atoms with Crippen LogP contribution in [0.4, 0.5) is 11.4 Å². The van der Waals surface area contributed by atoms with Gasteiger partial charge in [0.05, 0.1) is 22.9 Å². The summed E-state index contributed by atoms with van der Waals surface area (Å²) in [4.78, 5) is 35.5. The van der Waals surface area contributed by atoms with Gasteiger partial charge >= 0.3 is 0 Å². The molecule has 5 rings (SSSR count). The van der Waals surface area contributed by atoms with Crippen molar-refractivity contribution in [1.82, 2.24) is 14.9 Å². The normalized spacial score (nSPS) is 18.6. The summed E-state index contributed by atoms with van der Waals surface area (Å²) in [7, 11) is 0. The van der Waals surface area contributed by atoms with Crippen LogP contribution in [0.5, 0.6) is 0 Å². The molecule has 0 saturated carbocycles. The molecule has 3 heterocycles. The van der Waals surface area contributed by atoms with Crippen LogP contribution in [0, 0.1) is 11.8 Å². The van der Waals surface area contributed by atoms with Crippen LogP contribution < -0.4 is 5.32 Å². The van der Waals surface area contributed by atoms with E-state index in [1.165, 1.54) is 0 Å². The number of amides is 1. The Labute approximate surface area is 175 Å². The van der Waals surface area contributed by atoms with Crippen molar-refractivity contribution in [3.05, 3.63) is 66.1 Å². The number of fused-ring (bicyclic) bond motifs is 1. The maximum Gasteiger partial charge on any atom is 0.226 e. The topological polar surface area (TPSA) is 78.1 Å². The van der Waals surface area contributed by atoms with Crippen molar-refractivity contribution in [3.8, 4) is 11.3 Å². The fraction of sp³-hybridized carbons (Fsp3) is 0.292. The molecule has 1 fully saturated rings. The Balaban J connectivity index is 1.53. The molecule has 30 heavy (non-hydrogen) atoms. The van der Waals surface area contributed by atoms with Crippen molar-refractivity contribution in [2.24, 2.45) is 11.8 Å². The highest BCUT2D eigenvalue weighted by Gasteiger charge is 2.38. The van der Waals surface area contributed by atoms with Gasteiger partial charge in [0.1, 0.15) is 0 Å². The maximum absolute atomic E-state index is 13.2. The SMILES string of the molecule is CC1CN(C(=O)C2CC(=O)c3c([nH]c(-c4ccncc4)c3Nc3ccccc3)C2)C1. The van der Waals surface area contributed by atoms with Gasteiger partial charge in [0, 0.05) is 55.3 Å². The lowest BCUT2D eigenvalue weighted by molar-refractivity contribution is -0.141. The fourth-order valence-electron chi connectivity index (χ4n) is 4.49. The lowest BCUT2D eigenvalue weighted by atomic mass is 9.84. The number of aromatic amines is 1. The number of carbonyl (C=O) groups excluding carboxylic acids is 2. The van der Waals surface area contributed by atoms with E-state index in [-0.39, 0.29) is 24.0 Å². The largest absolute Gasteiger partial charge is 0.356 e. The summed E-state index contributed by atoms with van der Waals surface area (Å²) in [6, 6.07) is 13.7. The van der Waals surface area contributed by atoms with Crippen LogP contribution in [0.15, 0.2) is 54.9 Å². The Bertz CT molecular complexity index is 1090. The van der Waals surface area contributed by atoms with Gasteiger partial charge in [-0.15, -0.1) is 0 Å². The van der Waals surface area contributed by atoms with Gasteiger partial charge in [-0.2, -0.15) is 0 Å². The third kappa shape index (κ3) is 3.28. The van der Waals surface area contributed by atoms with Crippen molar-refractivity contribution in [2.75, 3.05) is 18.4 Å². The van der Waals surface area contributed by atoms with Crippen LogP contribution >= 0.6 is 0 Å². The zero-order valence-corrected chi connectivity index (χ0v) is 16.9. The van der Waals surface area contributed by atoms with Crippen molar-refractivity contribution in [3.63, 3.8) is 0 Å². The van der Waals surface area contributed by atoms with E-state index in [0.29, 0.717) is 17.9 Å². The van der Waals surface area contributed by atoms with E-state index in [9.17, 15) is 9.59 Å². The molecule has 1 aliphatic carbocycles. The van der Waals surface area contributed by atoms with E-state index in [1.54, 1.807) is 12.4 Å². The van der Waals surface area contributed by atoms with Gasteiger partial charge in [-0.05, 0) is 30.2 Å². The quantitative estimate of drug-likeness (QED) is 0.693. The predicted molar refractivity (Wildman–Crippen MR) is 116 cm³/mol. The van der Waals surface area contributed by atoms with Gasteiger partial charge in [0.15, 0.2) is 5.78 Å². The second-order valence-electron chi connectivity index (χ2n) is 8.33. The first-order valence-corrected chi connectivity index (χ1v) is 10.4. The van der Waals surface area contributed by atoms with Crippen molar-refractivity contribution < 1.29 is 9.59 Å². The highest BCUT2D eigenvalue weighted by Crippen LogP contribution is 2.40. The van der Waals surface area contributed by atoms with Crippen LogP contribution in [0.3, 0.4) is 0 Å². The van der Waals surface area contributed by atoms with Gasteiger partial charge in [-0.25, -0.2) is 0 Å². The third-order valence-corrected chi connectivity index (χ3v) is 5.98. The minimum Gasteiger partial charge on any atom is -0.356 e. The van der Waals surface area contributed by atoms with Crippen LogP contribution in [0.25, 0.3) is 11.3 Å². The smallest absolute Gasteiger partial charge is 0.226 e. The number of carbonyl (C=O) groups is 2. The number of likely N-dealkylation sites (tertiary alicyclic amines) is 1. The summed E-state index contributed by atoms with van der Waals surface area (Å²) in [6.07, 6.45) is 4.29. The number of benzene rings is 1. The van der Waals surface area contributed by atoms with Crippen molar-refractivity contribution in [1.29, 1.82) is 0 Å². The molecule has 3 aromatic rings. The van der Waals surface area contributed by atoms with Gasteiger partial charge in [-0.1, -0.05) is 25.1 Å². The number of para-hydroxylation sites is 1. The first-order chi connectivity index (χ1) is 14.6. The second-order valence-corrected chi connectivity index (χ2v) is 8.33. The fourth-order valence-corrected chi connectivity index (χ4v) is 4.49. The van der Waals surface area contributed by atoms with E-state index in [4.69, 9.17) is 0 Å². The van der Waals surface area contributed by atoms with Crippen molar-refractivity contribution in [2.45, 2.75) is 19.8 Å². The molecule has 1 aliphatic heterocycles. The second kappa shape index (κ2) is 7.44. The maximum atomic E-state index is 13.2. The molecule has 0 bridgehead atoms. The number of ketones is 1. The standard InChI is InChI=1S/C24H24N4O2/c1-15-13-28(14-15)24(30)17-11-19-21(20(29)12-17)23(26-18-5-3-2-4-6-18)22(27-19)16-7-9-25-10-8-16/h2-10,15,17,26-27H,11-14H2,1H3. The summed E-state index contributed by atoms with van der Waals surface area (Å²) in [5.74, 6) is 0.378. The number of nitrogens with one attached hydrogen (secondary N) is 2. The van der Waals surface area contributed by atoms with Crippen molar-refractivity contribution >= 4 is 23.1 Å². The van der Waals surface area contributed by atoms with Crippen LogP contribution in [0.1, 0.15) is 29.4 Å². The molecule has 152 valence electrons. The number of aromatic nitrogens is 2. The molecule has 2 N–H and O–H groups in total. The molecule has 1 saturated heterocycles. The third-order valence-electron chi connectivity index (χ3n) is 5.98. The van der Waals surface area contributed by atoms with Crippen LogP contribution in [0.2, 0.25) is 0 Å². The Kier molecular flexibility index (Phi) is 4.62. The van der Waals surface area contributed by atoms with Gasteiger partial charge in [-0.3, -0.25) is 14.6 Å². The molecular formula is C24H24N4O2. The summed E-state index contributed by atoms with van der Waals surface area (Å²) in [5.41, 5.74) is 5.00. The number of anilines is 2. The van der Waals surface area contributed by atoms with E-state index < -0.39 is 0 Å². The molecule has 6 nitrogen and oxygen atoms in total. The number of nitrogens with zero attached hydrogens (tertiary/aromatic N) is 2. The average molecular weight is 400 g/mol. The molecule has 1 atom stereocenters. The van der Waals surface area contributed by atoms with E-state index in [2.05, 4.69) is 22.2 Å². The minimum absolute atomic E-state index is 0.0122. The molecule has 0 radical (unpaired) electrons. The molecule has 1 unspecified atom stereocenters. The Morgan fingerprint density at radius 2 is 1.83 bits per heavy atom. The molecule has 0 spiro atoms. The summed E-state index contributed by atoms with van der Waals surface area (Å²) in [6.45, 7) is 3.73. The highest BCUT2D eigenvalue weighted by molar-refractivity contribution is 6.09. The lowest BCUT2D eigenvalue weighted by Gasteiger charge is -2.39. The zero-order chi connectivity index (χ0) is 20.7. The van der Waals surface area contributed by atoms with Gasteiger partial charge in [0.2, 0.25) is 5.91 Å². The van der Waals surface area contributed by atoms with Crippen LogP contribution in [-0.2, 0) is 11.2 Å². The number of hydrogen-bond donors (Lipinski definition) is 2. The summed E-state index contributed by atoms with van der Waals surface area (Å²) < 4.78 is 0. The van der Waals surface area contributed by atoms with Gasteiger partial charge in [0.25, 0.3) is 0 Å². The van der Waals surface area contributed by atoms with E-state index >= 15 is 0 Å². The predicted octanol–water partition coefficient (Wildman–Crippen LogP) is 4.04. The summed E-state index contributed by atoms with van der Waals surface area (Å²) in [5, 5.41) is 3.44. The molecule has 2 aromatic heterocycles. The van der Waals surface area contributed by atoms with E-state index in [0.717, 1.165) is 41.4 Å². The lowest BCUT2D eigenvalue weighted by Crippen LogP contribution is -2.51. The Hall–Kier alpha value is -3.41. The van der Waals surface area contributed by atoms with Gasteiger partial charge < -0.3 is 15.2 Å². The number of H-pyrrole nitrogens is 1. The Morgan fingerprint density at radius 3 is 2.53 bits per heavy atom. The minimum atomic E-state index is -0.286. The molecule has 2 aliphatic rings. The first kappa shape index (κ1) is 18.6. The molecule has 6 heteroatoms. The highest BCUT2D eigenvalue weighted by atomic mass is 16.2. The number of rotatable bonds is 4. The molecule has 1 amide bonds. The van der Waals surface area contributed by atoms with Crippen LogP contribution in [-0.4, -0.2) is 39.6 Å². The molecular weight excluding hydrogens is 376 g/mol.